The number of aliphatic hydroxyl groups excluding tert-OH is 1. The van der Waals surface area contributed by atoms with E-state index in [1.165, 1.54) is 10.9 Å². The van der Waals surface area contributed by atoms with Gasteiger partial charge in [-0.25, -0.2) is 0 Å². The summed E-state index contributed by atoms with van der Waals surface area (Å²) in [6.07, 6.45) is 1.41. The van der Waals surface area contributed by atoms with Crippen molar-refractivity contribution in [1.29, 1.82) is 0 Å². The van der Waals surface area contributed by atoms with Gasteiger partial charge in [0.05, 0.1) is 12.0 Å². The molecule has 0 aliphatic carbocycles. The molecule has 0 bridgehead atoms. The Morgan fingerprint density at radius 3 is 3.00 bits per heavy atom. The summed E-state index contributed by atoms with van der Waals surface area (Å²) in [6.45, 7) is 2.53. The van der Waals surface area contributed by atoms with Crippen molar-refractivity contribution in [3.05, 3.63) is 30.0 Å². The molecule has 4 heteroatoms. The zero-order valence-electron chi connectivity index (χ0n) is 9.13. The van der Waals surface area contributed by atoms with Crippen LogP contribution in [0, 0.1) is 6.92 Å². The Morgan fingerprint density at radius 1 is 1.44 bits per heavy atom. The SMILES string of the molecule is Cc1c(NCC(O)CCl)ccc2[nH]ccc12. The molecule has 0 saturated carbocycles. The monoisotopic (exact) mass is 238 g/mol. The van der Waals surface area contributed by atoms with Crippen LogP contribution in [0.15, 0.2) is 24.4 Å². The van der Waals surface area contributed by atoms with Gasteiger partial charge in [-0.05, 0) is 30.7 Å². The molecule has 0 radical (unpaired) electrons. The van der Waals surface area contributed by atoms with Crippen LogP contribution in [-0.4, -0.2) is 28.6 Å². The Morgan fingerprint density at radius 2 is 2.25 bits per heavy atom. The molecule has 1 unspecified atom stereocenters. The van der Waals surface area contributed by atoms with Crippen molar-refractivity contribution in [2.24, 2.45) is 0 Å². The highest BCUT2D eigenvalue weighted by Gasteiger charge is 2.06. The van der Waals surface area contributed by atoms with Gasteiger partial charge in [0.15, 0.2) is 0 Å². The molecule has 3 nitrogen and oxygen atoms in total. The normalized spacial score (nSPS) is 12.9. The molecule has 1 atom stereocenters. The number of halogens is 1. The number of benzene rings is 1. The maximum Gasteiger partial charge on any atom is 0.0847 e. The van der Waals surface area contributed by atoms with Crippen LogP contribution in [0.1, 0.15) is 5.56 Å². The minimum absolute atomic E-state index is 0.248. The fourth-order valence-corrected chi connectivity index (χ4v) is 1.87. The van der Waals surface area contributed by atoms with Gasteiger partial charge in [-0.3, -0.25) is 0 Å². The molecule has 86 valence electrons. The van der Waals surface area contributed by atoms with Gasteiger partial charge < -0.3 is 15.4 Å². The lowest BCUT2D eigenvalue weighted by molar-refractivity contribution is 0.211. The zero-order valence-corrected chi connectivity index (χ0v) is 9.88. The lowest BCUT2D eigenvalue weighted by Crippen LogP contribution is -2.21. The summed E-state index contributed by atoms with van der Waals surface area (Å²) < 4.78 is 0. The highest BCUT2D eigenvalue weighted by atomic mass is 35.5. The molecule has 2 rings (SSSR count). The van der Waals surface area contributed by atoms with Crippen LogP contribution in [0.25, 0.3) is 10.9 Å². The fourth-order valence-electron chi connectivity index (χ4n) is 1.76. The van der Waals surface area contributed by atoms with E-state index in [0.29, 0.717) is 6.54 Å². The second-order valence-corrected chi connectivity index (χ2v) is 4.17. The number of aliphatic hydroxyl groups is 1. The van der Waals surface area contributed by atoms with Crippen molar-refractivity contribution in [2.75, 3.05) is 17.7 Å². The van der Waals surface area contributed by atoms with E-state index in [2.05, 4.69) is 17.2 Å². The van der Waals surface area contributed by atoms with Crippen molar-refractivity contribution >= 4 is 28.2 Å². The lowest BCUT2D eigenvalue weighted by atomic mass is 10.1. The zero-order chi connectivity index (χ0) is 11.5. The second kappa shape index (κ2) is 4.76. The standard InChI is InChI=1S/C12H15ClN2O/c1-8-10-4-5-14-12(10)3-2-11(8)15-7-9(16)6-13/h2-5,9,14-16H,6-7H2,1H3. The number of H-pyrrole nitrogens is 1. The number of anilines is 1. The number of aryl methyl sites for hydroxylation is 1. The predicted molar refractivity (Wildman–Crippen MR) is 68.3 cm³/mol. The molecule has 0 saturated heterocycles. The summed E-state index contributed by atoms with van der Waals surface area (Å²) in [5.74, 6) is 0.248. The van der Waals surface area contributed by atoms with Crippen LogP contribution >= 0.6 is 11.6 Å². The number of aromatic nitrogens is 1. The Kier molecular flexibility index (Phi) is 3.36. The minimum Gasteiger partial charge on any atom is -0.390 e. The van der Waals surface area contributed by atoms with Crippen molar-refractivity contribution < 1.29 is 5.11 Å². The lowest BCUT2D eigenvalue weighted by Gasteiger charge is -2.12. The molecule has 0 aliphatic rings. The summed E-state index contributed by atoms with van der Waals surface area (Å²) in [5.41, 5.74) is 3.35. The van der Waals surface area contributed by atoms with Gasteiger partial charge in [0.1, 0.15) is 0 Å². The van der Waals surface area contributed by atoms with Crippen LogP contribution in [0.2, 0.25) is 0 Å². The third kappa shape index (κ3) is 2.15. The molecule has 0 amide bonds. The number of hydrogen-bond donors (Lipinski definition) is 3. The van der Waals surface area contributed by atoms with E-state index in [4.69, 9.17) is 11.6 Å². The van der Waals surface area contributed by atoms with Crippen LogP contribution < -0.4 is 5.32 Å². The number of rotatable bonds is 4. The van der Waals surface area contributed by atoms with E-state index in [1.807, 2.05) is 24.4 Å². The van der Waals surface area contributed by atoms with Crippen molar-refractivity contribution in [3.63, 3.8) is 0 Å². The third-order valence-corrected chi connectivity index (χ3v) is 3.07. The Balaban J connectivity index is 2.21. The first-order chi connectivity index (χ1) is 7.72. The number of fused-ring (bicyclic) bond motifs is 1. The first kappa shape index (κ1) is 11.3. The predicted octanol–water partition coefficient (Wildman–Crippen LogP) is 2.49. The van der Waals surface area contributed by atoms with Gasteiger partial charge in [-0.2, -0.15) is 0 Å². The summed E-state index contributed by atoms with van der Waals surface area (Å²) >= 11 is 5.54. The fraction of sp³-hybridized carbons (Fsp3) is 0.333. The molecule has 0 aliphatic heterocycles. The Hall–Kier alpha value is -1.19. The minimum atomic E-state index is -0.511. The van der Waals surface area contributed by atoms with Gasteiger partial charge in [0, 0.05) is 29.3 Å². The molecular weight excluding hydrogens is 224 g/mol. The van der Waals surface area contributed by atoms with Gasteiger partial charge in [0.2, 0.25) is 0 Å². The van der Waals surface area contributed by atoms with Crippen molar-refractivity contribution in [2.45, 2.75) is 13.0 Å². The smallest absolute Gasteiger partial charge is 0.0847 e. The molecule has 1 heterocycles. The first-order valence-electron chi connectivity index (χ1n) is 5.27. The van der Waals surface area contributed by atoms with Crippen LogP contribution in [0.4, 0.5) is 5.69 Å². The first-order valence-corrected chi connectivity index (χ1v) is 5.80. The summed E-state index contributed by atoms with van der Waals surface area (Å²) in [6, 6.07) is 6.08. The highest BCUT2D eigenvalue weighted by molar-refractivity contribution is 6.18. The van der Waals surface area contributed by atoms with E-state index in [-0.39, 0.29) is 5.88 Å². The molecule has 1 aromatic heterocycles. The van der Waals surface area contributed by atoms with E-state index < -0.39 is 6.10 Å². The van der Waals surface area contributed by atoms with Crippen molar-refractivity contribution in [3.8, 4) is 0 Å². The molecule has 2 aromatic rings. The van der Waals surface area contributed by atoms with E-state index >= 15 is 0 Å². The summed E-state index contributed by atoms with van der Waals surface area (Å²) in [5, 5.41) is 13.8. The van der Waals surface area contributed by atoms with Gasteiger partial charge in [-0.1, -0.05) is 0 Å². The van der Waals surface area contributed by atoms with E-state index in [9.17, 15) is 5.11 Å². The van der Waals surface area contributed by atoms with Crippen LogP contribution in [0.5, 0.6) is 0 Å². The van der Waals surface area contributed by atoms with E-state index in [0.717, 1.165) is 11.2 Å². The quantitative estimate of drug-likeness (QED) is 0.717. The molecule has 1 aromatic carbocycles. The summed E-state index contributed by atoms with van der Waals surface area (Å²) in [7, 11) is 0. The Labute approximate surface area is 99.4 Å². The average molecular weight is 239 g/mol. The molecule has 0 spiro atoms. The van der Waals surface area contributed by atoms with Gasteiger partial charge >= 0.3 is 0 Å². The van der Waals surface area contributed by atoms with Crippen LogP contribution in [-0.2, 0) is 0 Å². The average Bonchev–Trinajstić information content (AvgIpc) is 2.76. The van der Waals surface area contributed by atoms with Crippen LogP contribution in [0.3, 0.4) is 0 Å². The number of aromatic amines is 1. The number of alkyl halides is 1. The largest absolute Gasteiger partial charge is 0.390 e. The number of nitrogens with one attached hydrogen (secondary N) is 2. The molecule has 0 fully saturated rings. The third-order valence-electron chi connectivity index (χ3n) is 2.71. The van der Waals surface area contributed by atoms with Gasteiger partial charge in [-0.15, -0.1) is 11.6 Å². The molecular formula is C12H15ClN2O. The van der Waals surface area contributed by atoms with Crippen molar-refractivity contribution in [1.82, 2.24) is 4.98 Å². The van der Waals surface area contributed by atoms with E-state index in [1.54, 1.807) is 0 Å². The topological polar surface area (TPSA) is 48.0 Å². The molecule has 16 heavy (non-hydrogen) atoms. The van der Waals surface area contributed by atoms with Gasteiger partial charge in [0.25, 0.3) is 0 Å². The maximum absolute atomic E-state index is 9.38. The maximum atomic E-state index is 9.38. The number of hydrogen-bond acceptors (Lipinski definition) is 2. The Bertz CT molecular complexity index is 481. The molecule has 3 N–H and O–H groups in total. The second-order valence-electron chi connectivity index (χ2n) is 3.87. The summed E-state index contributed by atoms with van der Waals surface area (Å²) in [4.78, 5) is 3.17. The highest BCUT2D eigenvalue weighted by Crippen LogP contribution is 2.24.